The van der Waals surface area contributed by atoms with Crippen molar-refractivity contribution >= 4 is 11.5 Å². The maximum absolute atomic E-state index is 12.9. The van der Waals surface area contributed by atoms with E-state index in [2.05, 4.69) is 23.6 Å². The summed E-state index contributed by atoms with van der Waals surface area (Å²) in [6.07, 6.45) is 0. The van der Waals surface area contributed by atoms with E-state index in [1.807, 2.05) is 30.3 Å². The van der Waals surface area contributed by atoms with Gasteiger partial charge in [-0.1, -0.05) is 12.1 Å². The van der Waals surface area contributed by atoms with Gasteiger partial charge in [0.1, 0.15) is 11.5 Å². The molecule has 0 bridgehead atoms. The summed E-state index contributed by atoms with van der Waals surface area (Å²) in [5, 5.41) is 0. The van der Waals surface area contributed by atoms with Crippen LogP contribution in [0.1, 0.15) is 29.8 Å². The summed E-state index contributed by atoms with van der Waals surface area (Å²) >= 11 is 0. The fraction of sp³-hybridized carbons (Fsp3) is 0.409. The smallest absolute Gasteiger partial charge is 0.193 e. The standard InChI is InChI=1S/C22H28N2O3/c1-16(2)23-10-12-24(13-11-23)20-9-8-18(15-21(20)27-4)22(25)17-6-5-7-19(14-17)26-3/h5-9,14-16H,10-13H2,1-4H3. The molecular formula is C22H28N2O3. The van der Waals surface area contributed by atoms with Gasteiger partial charge < -0.3 is 14.4 Å². The van der Waals surface area contributed by atoms with Gasteiger partial charge in [0.05, 0.1) is 19.9 Å². The van der Waals surface area contributed by atoms with Crippen molar-refractivity contribution in [2.24, 2.45) is 0 Å². The number of hydrogen-bond donors (Lipinski definition) is 0. The van der Waals surface area contributed by atoms with Crippen LogP contribution in [0, 0.1) is 0 Å². The van der Waals surface area contributed by atoms with Crippen molar-refractivity contribution in [2.45, 2.75) is 19.9 Å². The van der Waals surface area contributed by atoms with Crippen LogP contribution in [0.4, 0.5) is 5.69 Å². The van der Waals surface area contributed by atoms with E-state index in [1.165, 1.54) is 0 Å². The van der Waals surface area contributed by atoms with Gasteiger partial charge in [0.2, 0.25) is 0 Å². The largest absolute Gasteiger partial charge is 0.497 e. The van der Waals surface area contributed by atoms with Crippen LogP contribution < -0.4 is 14.4 Å². The highest BCUT2D eigenvalue weighted by Crippen LogP contribution is 2.31. The number of anilines is 1. The Bertz CT molecular complexity index is 796. The Morgan fingerprint density at radius 1 is 0.926 bits per heavy atom. The van der Waals surface area contributed by atoms with Crippen LogP contribution in [0.2, 0.25) is 0 Å². The fourth-order valence-corrected chi connectivity index (χ4v) is 3.49. The second-order valence-corrected chi connectivity index (χ2v) is 7.06. The number of hydrogen-bond acceptors (Lipinski definition) is 5. The average molecular weight is 368 g/mol. The van der Waals surface area contributed by atoms with Crippen molar-refractivity contribution in [2.75, 3.05) is 45.3 Å². The molecule has 1 saturated heterocycles. The third-order valence-electron chi connectivity index (χ3n) is 5.16. The Kier molecular flexibility index (Phi) is 6.01. The Hall–Kier alpha value is -2.53. The van der Waals surface area contributed by atoms with E-state index in [9.17, 15) is 4.79 Å². The van der Waals surface area contributed by atoms with E-state index < -0.39 is 0 Å². The Balaban J connectivity index is 1.81. The molecule has 3 rings (SSSR count). The van der Waals surface area contributed by atoms with E-state index in [4.69, 9.17) is 9.47 Å². The lowest BCUT2D eigenvalue weighted by atomic mass is 10.0. The molecule has 1 heterocycles. The summed E-state index contributed by atoms with van der Waals surface area (Å²) in [5.41, 5.74) is 2.27. The molecule has 5 nitrogen and oxygen atoms in total. The van der Waals surface area contributed by atoms with Crippen molar-refractivity contribution in [1.29, 1.82) is 0 Å². The monoisotopic (exact) mass is 368 g/mol. The van der Waals surface area contributed by atoms with Crippen LogP contribution >= 0.6 is 0 Å². The number of carbonyl (C=O) groups excluding carboxylic acids is 1. The number of piperazine rings is 1. The molecule has 1 aliphatic heterocycles. The summed E-state index contributed by atoms with van der Waals surface area (Å²) in [5.74, 6) is 1.37. The van der Waals surface area contributed by atoms with Crippen LogP contribution in [0.5, 0.6) is 11.5 Å². The predicted molar refractivity (Wildman–Crippen MR) is 108 cm³/mol. The molecular weight excluding hydrogens is 340 g/mol. The number of benzene rings is 2. The Morgan fingerprint density at radius 2 is 1.63 bits per heavy atom. The number of carbonyl (C=O) groups is 1. The van der Waals surface area contributed by atoms with Gasteiger partial charge in [-0.05, 0) is 44.2 Å². The van der Waals surface area contributed by atoms with Gasteiger partial charge in [-0.2, -0.15) is 0 Å². The first-order valence-corrected chi connectivity index (χ1v) is 9.39. The summed E-state index contributed by atoms with van der Waals surface area (Å²) in [4.78, 5) is 17.7. The van der Waals surface area contributed by atoms with Crippen LogP contribution in [-0.2, 0) is 0 Å². The highest BCUT2D eigenvalue weighted by atomic mass is 16.5. The zero-order valence-electron chi connectivity index (χ0n) is 16.6. The summed E-state index contributed by atoms with van der Waals surface area (Å²) in [6.45, 7) is 8.44. The fourth-order valence-electron chi connectivity index (χ4n) is 3.49. The number of ketones is 1. The van der Waals surface area contributed by atoms with Gasteiger partial charge in [0.25, 0.3) is 0 Å². The van der Waals surface area contributed by atoms with E-state index in [-0.39, 0.29) is 5.78 Å². The molecule has 0 aliphatic carbocycles. The minimum Gasteiger partial charge on any atom is -0.497 e. The molecule has 5 heteroatoms. The summed E-state index contributed by atoms with van der Waals surface area (Å²) in [7, 11) is 3.25. The van der Waals surface area contributed by atoms with Gasteiger partial charge in [0, 0.05) is 43.3 Å². The molecule has 0 radical (unpaired) electrons. The predicted octanol–water partition coefficient (Wildman–Crippen LogP) is 3.47. The van der Waals surface area contributed by atoms with Crippen molar-refractivity contribution in [3.8, 4) is 11.5 Å². The topological polar surface area (TPSA) is 42.0 Å². The van der Waals surface area contributed by atoms with Gasteiger partial charge in [0.15, 0.2) is 5.78 Å². The first kappa shape index (κ1) is 19.2. The maximum atomic E-state index is 12.9. The second kappa shape index (κ2) is 8.44. The molecule has 1 aliphatic rings. The molecule has 2 aromatic carbocycles. The minimum atomic E-state index is -0.0385. The normalized spacial score (nSPS) is 15.1. The highest BCUT2D eigenvalue weighted by molar-refractivity contribution is 6.09. The number of rotatable bonds is 6. The van der Waals surface area contributed by atoms with Gasteiger partial charge in [-0.3, -0.25) is 9.69 Å². The van der Waals surface area contributed by atoms with Crippen molar-refractivity contribution in [3.63, 3.8) is 0 Å². The third kappa shape index (κ3) is 4.25. The third-order valence-corrected chi connectivity index (χ3v) is 5.16. The average Bonchev–Trinajstić information content (AvgIpc) is 2.72. The SMILES string of the molecule is COc1cccc(C(=O)c2ccc(N3CCN(C(C)C)CC3)c(OC)c2)c1. The Morgan fingerprint density at radius 3 is 2.26 bits per heavy atom. The van der Waals surface area contributed by atoms with E-state index in [0.29, 0.717) is 22.9 Å². The molecule has 0 saturated carbocycles. The molecule has 1 fully saturated rings. The van der Waals surface area contributed by atoms with E-state index in [1.54, 1.807) is 26.4 Å². The lowest BCUT2D eigenvalue weighted by Crippen LogP contribution is -2.49. The van der Waals surface area contributed by atoms with Crippen LogP contribution in [0.3, 0.4) is 0 Å². The highest BCUT2D eigenvalue weighted by Gasteiger charge is 2.22. The lowest BCUT2D eigenvalue weighted by molar-refractivity contribution is 0.103. The molecule has 0 aromatic heterocycles. The van der Waals surface area contributed by atoms with Gasteiger partial charge in [-0.15, -0.1) is 0 Å². The first-order chi connectivity index (χ1) is 13.0. The first-order valence-electron chi connectivity index (χ1n) is 9.39. The molecule has 0 atom stereocenters. The number of nitrogens with zero attached hydrogens (tertiary/aromatic N) is 2. The molecule has 0 unspecified atom stereocenters. The van der Waals surface area contributed by atoms with E-state index in [0.717, 1.165) is 37.6 Å². The number of methoxy groups -OCH3 is 2. The molecule has 0 N–H and O–H groups in total. The van der Waals surface area contributed by atoms with Crippen molar-refractivity contribution in [1.82, 2.24) is 4.90 Å². The number of ether oxygens (including phenoxy) is 2. The zero-order valence-corrected chi connectivity index (χ0v) is 16.6. The minimum absolute atomic E-state index is 0.0385. The van der Waals surface area contributed by atoms with Crippen LogP contribution in [0.15, 0.2) is 42.5 Å². The summed E-state index contributed by atoms with van der Waals surface area (Å²) in [6, 6.07) is 13.5. The van der Waals surface area contributed by atoms with Crippen LogP contribution in [0.25, 0.3) is 0 Å². The lowest BCUT2D eigenvalue weighted by Gasteiger charge is -2.38. The summed E-state index contributed by atoms with van der Waals surface area (Å²) < 4.78 is 10.8. The Labute approximate surface area is 161 Å². The van der Waals surface area contributed by atoms with Gasteiger partial charge >= 0.3 is 0 Å². The van der Waals surface area contributed by atoms with Crippen molar-refractivity contribution < 1.29 is 14.3 Å². The molecule has 0 amide bonds. The van der Waals surface area contributed by atoms with Crippen molar-refractivity contribution in [3.05, 3.63) is 53.6 Å². The molecule has 144 valence electrons. The molecule has 27 heavy (non-hydrogen) atoms. The van der Waals surface area contributed by atoms with Crippen LogP contribution in [-0.4, -0.2) is 57.1 Å². The molecule has 0 spiro atoms. The second-order valence-electron chi connectivity index (χ2n) is 7.06. The quantitative estimate of drug-likeness (QED) is 0.731. The zero-order chi connectivity index (χ0) is 19.4. The van der Waals surface area contributed by atoms with Gasteiger partial charge in [-0.25, -0.2) is 0 Å². The van der Waals surface area contributed by atoms with E-state index >= 15 is 0 Å². The maximum Gasteiger partial charge on any atom is 0.193 e. The molecule has 2 aromatic rings.